The molecule has 1 aromatic carbocycles. The molecule has 0 radical (unpaired) electrons. The third kappa shape index (κ3) is 9.08. The van der Waals surface area contributed by atoms with Crippen LogP contribution in [0.1, 0.15) is 18.9 Å². The van der Waals surface area contributed by atoms with E-state index in [2.05, 4.69) is 33.5 Å². The minimum absolute atomic E-state index is 0.552. The summed E-state index contributed by atoms with van der Waals surface area (Å²) in [6.45, 7) is 10.5. The quantitative estimate of drug-likeness (QED) is 0.345. The molecule has 7 nitrogen and oxygen atoms in total. The fraction of sp³-hybridized carbons (Fsp3) is 0.650. The van der Waals surface area contributed by atoms with Crippen molar-refractivity contribution in [3.63, 3.8) is 0 Å². The number of morpholine rings is 1. The molecule has 0 aromatic heterocycles. The summed E-state index contributed by atoms with van der Waals surface area (Å²) in [6.07, 6.45) is 1.09. The van der Waals surface area contributed by atoms with E-state index in [0.29, 0.717) is 19.8 Å². The number of benzene rings is 1. The second-order valence-electron chi connectivity index (χ2n) is 6.42. The summed E-state index contributed by atoms with van der Waals surface area (Å²) in [4.78, 5) is 7.13. The van der Waals surface area contributed by atoms with Crippen LogP contribution in [-0.2, 0) is 16.0 Å². The number of hydrogen-bond donors (Lipinski definition) is 2. The lowest BCUT2D eigenvalue weighted by atomic mass is 10.2. The summed E-state index contributed by atoms with van der Waals surface area (Å²) in [5.41, 5.74) is 1.12. The Morgan fingerprint density at radius 3 is 2.85 bits per heavy atom. The molecule has 0 atom stereocenters. The van der Waals surface area contributed by atoms with Crippen molar-refractivity contribution in [1.29, 1.82) is 0 Å². The Hall–Kier alpha value is -1.83. The molecule has 1 aromatic rings. The predicted octanol–water partition coefficient (Wildman–Crippen LogP) is 1.49. The van der Waals surface area contributed by atoms with Crippen molar-refractivity contribution < 1.29 is 14.2 Å². The highest BCUT2D eigenvalue weighted by atomic mass is 16.5. The Morgan fingerprint density at radius 2 is 2.07 bits per heavy atom. The van der Waals surface area contributed by atoms with Gasteiger partial charge in [-0.2, -0.15) is 0 Å². The average molecular weight is 379 g/mol. The molecule has 0 aliphatic carbocycles. The SMILES string of the molecule is CCNC(=NCc1cccc(OCCOC)c1)NCCCN1CCOCC1. The molecule has 1 aliphatic heterocycles. The van der Waals surface area contributed by atoms with Gasteiger partial charge in [-0.3, -0.25) is 4.90 Å². The monoisotopic (exact) mass is 378 g/mol. The topological polar surface area (TPSA) is 67.4 Å². The van der Waals surface area contributed by atoms with E-state index < -0.39 is 0 Å². The Kier molecular flexibility index (Phi) is 10.6. The molecule has 1 aliphatic rings. The first-order valence-corrected chi connectivity index (χ1v) is 9.84. The van der Waals surface area contributed by atoms with Gasteiger partial charge in [0.1, 0.15) is 12.4 Å². The van der Waals surface area contributed by atoms with Gasteiger partial charge < -0.3 is 24.8 Å². The molecule has 27 heavy (non-hydrogen) atoms. The lowest BCUT2D eigenvalue weighted by Crippen LogP contribution is -2.40. The van der Waals surface area contributed by atoms with Gasteiger partial charge in [0, 0.05) is 33.3 Å². The number of aliphatic imine (C=N–C) groups is 1. The van der Waals surface area contributed by atoms with Gasteiger partial charge >= 0.3 is 0 Å². The first-order chi connectivity index (χ1) is 13.3. The third-order valence-electron chi connectivity index (χ3n) is 4.27. The largest absolute Gasteiger partial charge is 0.491 e. The minimum atomic E-state index is 0.552. The van der Waals surface area contributed by atoms with Crippen molar-refractivity contribution >= 4 is 5.96 Å². The maximum Gasteiger partial charge on any atom is 0.191 e. The van der Waals surface area contributed by atoms with Crippen LogP contribution in [0.15, 0.2) is 29.3 Å². The number of nitrogens with zero attached hydrogens (tertiary/aromatic N) is 2. The second-order valence-corrected chi connectivity index (χ2v) is 6.42. The fourth-order valence-corrected chi connectivity index (χ4v) is 2.82. The van der Waals surface area contributed by atoms with Crippen LogP contribution >= 0.6 is 0 Å². The van der Waals surface area contributed by atoms with Crippen LogP contribution in [0.25, 0.3) is 0 Å². The summed E-state index contributed by atoms with van der Waals surface area (Å²) < 4.78 is 16.1. The van der Waals surface area contributed by atoms with E-state index in [1.165, 1.54) is 0 Å². The number of ether oxygens (including phenoxy) is 3. The second kappa shape index (κ2) is 13.4. The van der Waals surface area contributed by atoms with E-state index in [-0.39, 0.29) is 0 Å². The summed E-state index contributed by atoms with van der Waals surface area (Å²) in [5.74, 6) is 1.70. The highest BCUT2D eigenvalue weighted by Crippen LogP contribution is 2.14. The van der Waals surface area contributed by atoms with Gasteiger partial charge in [-0.1, -0.05) is 12.1 Å². The van der Waals surface area contributed by atoms with Gasteiger partial charge in [0.2, 0.25) is 0 Å². The van der Waals surface area contributed by atoms with Crippen LogP contribution in [0.5, 0.6) is 5.75 Å². The van der Waals surface area contributed by atoms with Crippen LogP contribution in [0.2, 0.25) is 0 Å². The average Bonchev–Trinajstić information content (AvgIpc) is 2.70. The van der Waals surface area contributed by atoms with Crippen molar-refractivity contribution in [1.82, 2.24) is 15.5 Å². The molecule has 0 amide bonds. The first kappa shape index (κ1) is 21.5. The van der Waals surface area contributed by atoms with Crippen LogP contribution in [-0.4, -0.2) is 77.1 Å². The fourth-order valence-electron chi connectivity index (χ4n) is 2.82. The van der Waals surface area contributed by atoms with Crippen molar-refractivity contribution in [2.24, 2.45) is 4.99 Å². The normalized spacial score (nSPS) is 15.6. The number of guanidine groups is 1. The maximum absolute atomic E-state index is 5.66. The Morgan fingerprint density at radius 1 is 1.22 bits per heavy atom. The molecule has 2 rings (SSSR count). The molecule has 0 unspecified atom stereocenters. The van der Waals surface area contributed by atoms with Gasteiger partial charge in [0.15, 0.2) is 5.96 Å². The molecule has 7 heteroatoms. The summed E-state index contributed by atoms with van der Waals surface area (Å²) >= 11 is 0. The van der Waals surface area contributed by atoms with Gasteiger partial charge in [0.05, 0.1) is 26.4 Å². The zero-order chi connectivity index (χ0) is 19.2. The van der Waals surface area contributed by atoms with Gasteiger partial charge in [-0.05, 0) is 37.6 Å². The molecule has 0 spiro atoms. The van der Waals surface area contributed by atoms with Crippen LogP contribution in [0, 0.1) is 0 Å². The van der Waals surface area contributed by atoms with E-state index in [4.69, 9.17) is 14.2 Å². The van der Waals surface area contributed by atoms with Crippen molar-refractivity contribution in [3.8, 4) is 5.75 Å². The zero-order valence-electron chi connectivity index (χ0n) is 16.7. The summed E-state index contributed by atoms with van der Waals surface area (Å²) in [7, 11) is 1.67. The Bertz CT molecular complexity index is 548. The highest BCUT2D eigenvalue weighted by molar-refractivity contribution is 5.79. The highest BCUT2D eigenvalue weighted by Gasteiger charge is 2.09. The molecule has 0 bridgehead atoms. The number of methoxy groups -OCH3 is 1. The lowest BCUT2D eigenvalue weighted by molar-refractivity contribution is 0.0376. The minimum Gasteiger partial charge on any atom is -0.491 e. The Labute approximate surface area is 163 Å². The van der Waals surface area contributed by atoms with Crippen molar-refractivity contribution in [2.45, 2.75) is 19.9 Å². The van der Waals surface area contributed by atoms with E-state index in [9.17, 15) is 0 Å². The third-order valence-corrected chi connectivity index (χ3v) is 4.27. The predicted molar refractivity (Wildman–Crippen MR) is 109 cm³/mol. The smallest absolute Gasteiger partial charge is 0.191 e. The first-order valence-electron chi connectivity index (χ1n) is 9.84. The molecular formula is C20H34N4O3. The molecule has 2 N–H and O–H groups in total. The summed E-state index contributed by atoms with van der Waals surface area (Å²) in [5, 5.41) is 6.73. The number of hydrogen-bond acceptors (Lipinski definition) is 5. The van der Waals surface area contributed by atoms with E-state index in [0.717, 1.165) is 69.6 Å². The molecule has 1 saturated heterocycles. The van der Waals surface area contributed by atoms with Gasteiger partial charge in [-0.15, -0.1) is 0 Å². The number of nitrogens with one attached hydrogen (secondary N) is 2. The van der Waals surface area contributed by atoms with Crippen molar-refractivity contribution in [2.75, 3.05) is 66.3 Å². The molecular weight excluding hydrogens is 344 g/mol. The van der Waals surface area contributed by atoms with E-state index >= 15 is 0 Å². The molecule has 152 valence electrons. The Balaban J connectivity index is 1.75. The van der Waals surface area contributed by atoms with Crippen molar-refractivity contribution in [3.05, 3.63) is 29.8 Å². The standard InChI is InChI=1S/C20H34N4O3/c1-3-21-20(22-8-5-9-24-10-12-26-13-11-24)23-17-18-6-4-7-19(16-18)27-15-14-25-2/h4,6-7,16H,3,5,8-15,17H2,1-2H3,(H2,21,22,23). The maximum atomic E-state index is 5.66. The van der Waals surface area contributed by atoms with Gasteiger partial charge in [-0.25, -0.2) is 4.99 Å². The van der Waals surface area contributed by atoms with E-state index in [1.54, 1.807) is 7.11 Å². The summed E-state index contributed by atoms with van der Waals surface area (Å²) in [6, 6.07) is 8.05. The molecule has 1 heterocycles. The molecule has 0 saturated carbocycles. The zero-order valence-corrected chi connectivity index (χ0v) is 16.7. The van der Waals surface area contributed by atoms with Gasteiger partial charge in [0.25, 0.3) is 0 Å². The van der Waals surface area contributed by atoms with Crippen LogP contribution < -0.4 is 15.4 Å². The molecule has 1 fully saturated rings. The van der Waals surface area contributed by atoms with Crippen LogP contribution in [0.3, 0.4) is 0 Å². The number of rotatable bonds is 11. The lowest BCUT2D eigenvalue weighted by Gasteiger charge is -2.26. The van der Waals surface area contributed by atoms with E-state index in [1.807, 2.05) is 18.2 Å². The van der Waals surface area contributed by atoms with Crippen LogP contribution in [0.4, 0.5) is 0 Å².